The maximum atomic E-state index is 13.7. The molecule has 4 aromatic rings. The molecule has 0 aliphatic carbocycles. The summed E-state index contributed by atoms with van der Waals surface area (Å²) in [6.45, 7) is -0.906. The first-order chi connectivity index (χ1) is 22.4. The summed E-state index contributed by atoms with van der Waals surface area (Å²) in [7, 11) is -9.52. The lowest BCUT2D eigenvalue weighted by molar-refractivity contribution is -0.120. The van der Waals surface area contributed by atoms with E-state index in [9.17, 15) is 30.0 Å². The Hall–Kier alpha value is -4.48. The van der Waals surface area contributed by atoms with E-state index in [1.807, 2.05) is 0 Å². The average molecular weight is 701 g/mol. The number of sulfonamides is 3. The molecule has 0 radical (unpaired) electrons. The number of carbonyl (C=O) groups excluding carboxylic acids is 1. The second kappa shape index (κ2) is 13.7. The van der Waals surface area contributed by atoms with Crippen molar-refractivity contribution in [3.8, 4) is 11.5 Å². The fourth-order valence-corrected chi connectivity index (χ4v) is 9.08. The van der Waals surface area contributed by atoms with Crippen LogP contribution in [-0.4, -0.2) is 79.7 Å². The van der Waals surface area contributed by atoms with Crippen molar-refractivity contribution in [2.75, 3.05) is 43.9 Å². The summed E-state index contributed by atoms with van der Waals surface area (Å²) in [6, 6.07) is 23.6. The summed E-state index contributed by atoms with van der Waals surface area (Å²) in [6.07, 6.45) is 0. The highest BCUT2D eigenvalue weighted by Gasteiger charge is 2.43. The molecule has 5 rings (SSSR count). The molecule has 13 nitrogen and oxygen atoms in total. The van der Waals surface area contributed by atoms with E-state index in [2.05, 4.69) is 10.0 Å². The van der Waals surface area contributed by atoms with E-state index in [0.29, 0.717) is 5.75 Å². The van der Waals surface area contributed by atoms with Crippen molar-refractivity contribution in [3.63, 3.8) is 0 Å². The average Bonchev–Trinajstić information content (AvgIpc) is 3.08. The van der Waals surface area contributed by atoms with Crippen LogP contribution in [0.1, 0.15) is 0 Å². The minimum absolute atomic E-state index is 0.00972. The predicted molar refractivity (Wildman–Crippen MR) is 175 cm³/mol. The van der Waals surface area contributed by atoms with Crippen LogP contribution in [0.15, 0.2) is 118 Å². The van der Waals surface area contributed by atoms with Crippen LogP contribution in [0.5, 0.6) is 11.5 Å². The standard InChI is InChI=1S/C31H32N4O9S3/c1-43-24-15-18-30(44-2)28(21-24)33-45(37,38)25-16-13-23(14-17-25)32-31(36)29-22-34(46(39,40)26-9-5-3-6-10-26)19-20-35(29)47(41,42)27-11-7-4-8-12-27/h3-18,21,29,33H,19-20,22H2,1-2H3,(H,32,36). The number of ether oxygens (including phenoxy) is 2. The van der Waals surface area contributed by atoms with Gasteiger partial charge in [0.2, 0.25) is 26.0 Å². The summed E-state index contributed by atoms with van der Waals surface area (Å²) < 4.78 is 95.4. The number of nitrogens with one attached hydrogen (secondary N) is 2. The van der Waals surface area contributed by atoms with E-state index >= 15 is 0 Å². The molecule has 1 saturated heterocycles. The van der Waals surface area contributed by atoms with E-state index in [4.69, 9.17) is 9.47 Å². The molecule has 1 aliphatic rings. The van der Waals surface area contributed by atoms with Crippen molar-refractivity contribution in [1.29, 1.82) is 0 Å². The molecule has 1 amide bonds. The van der Waals surface area contributed by atoms with E-state index in [0.717, 1.165) is 8.61 Å². The minimum atomic E-state index is -4.20. The van der Waals surface area contributed by atoms with Crippen LogP contribution in [-0.2, 0) is 34.9 Å². The van der Waals surface area contributed by atoms with Gasteiger partial charge in [-0.3, -0.25) is 9.52 Å². The first kappa shape index (κ1) is 33.9. The van der Waals surface area contributed by atoms with Gasteiger partial charge in [0.15, 0.2) is 0 Å². The van der Waals surface area contributed by atoms with Crippen LogP contribution >= 0.6 is 0 Å². The molecule has 0 spiro atoms. The van der Waals surface area contributed by atoms with Crippen LogP contribution in [0.3, 0.4) is 0 Å². The van der Waals surface area contributed by atoms with Crippen LogP contribution in [0.25, 0.3) is 0 Å². The quantitative estimate of drug-likeness (QED) is 0.239. The fraction of sp³-hybridized carbons (Fsp3) is 0.194. The number of hydrogen-bond acceptors (Lipinski definition) is 9. The zero-order valence-corrected chi connectivity index (χ0v) is 27.8. The normalized spacial score (nSPS) is 16.3. The molecular weight excluding hydrogens is 669 g/mol. The number of rotatable bonds is 11. The molecule has 4 aromatic carbocycles. The van der Waals surface area contributed by atoms with Gasteiger partial charge in [0.1, 0.15) is 17.5 Å². The van der Waals surface area contributed by atoms with Gasteiger partial charge in [-0.2, -0.15) is 8.61 Å². The molecule has 0 aromatic heterocycles. The smallest absolute Gasteiger partial charge is 0.262 e. The summed E-state index contributed by atoms with van der Waals surface area (Å²) in [5.41, 5.74) is 0.310. The Morgan fingerprint density at radius 3 is 1.87 bits per heavy atom. The topological polar surface area (TPSA) is 168 Å². The highest BCUT2D eigenvalue weighted by molar-refractivity contribution is 7.92. The number of carbonyl (C=O) groups is 1. The third-order valence-corrected chi connectivity index (χ3v) is 12.6. The molecule has 0 bridgehead atoms. The van der Waals surface area contributed by atoms with Crippen molar-refractivity contribution >= 4 is 47.4 Å². The van der Waals surface area contributed by atoms with Crippen molar-refractivity contribution < 1.29 is 39.5 Å². The third kappa shape index (κ3) is 7.26. The van der Waals surface area contributed by atoms with Gasteiger partial charge in [-0.15, -0.1) is 0 Å². The van der Waals surface area contributed by atoms with E-state index < -0.39 is 48.6 Å². The monoisotopic (exact) mass is 700 g/mol. The lowest BCUT2D eigenvalue weighted by Crippen LogP contribution is -2.60. The maximum Gasteiger partial charge on any atom is 0.262 e. The van der Waals surface area contributed by atoms with Crippen LogP contribution < -0.4 is 19.5 Å². The molecule has 1 unspecified atom stereocenters. The highest BCUT2D eigenvalue weighted by atomic mass is 32.2. The fourth-order valence-electron chi connectivity index (χ4n) is 4.97. The predicted octanol–water partition coefficient (Wildman–Crippen LogP) is 3.21. The molecule has 47 heavy (non-hydrogen) atoms. The minimum Gasteiger partial charge on any atom is -0.497 e. The van der Waals surface area contributed by atoms with Gasteiger partial charge in [0.25, 0.3) is 10.0 Å². The molecule has 1 atom stereocenters. The first-order valence-corrected chi connectivity index (χ1v) is 18.5. The Kier molecular flexibility index (Phi) is 9.88. The van der Waals surface area contributed by atoms with Crippen molar-refractivity contribution in [2.24, 2.45) is 0 Å². The first-order valence-electron chi connectivity index (χ1n) is 14.1. The molecule has 1 heterocycles. The van der Waals surface area contributed by atoms with Gasteiger partial charge in [0, 0.05) is 31.4 Å². The molecular formula is C31H32N4O9S3. The largest absolute Gasteiger partial charge is 0.497 e. The third-order valence-electron chi connectivity index (χ3n) is 7.41. The van der Waals surface area contributed by atoms with Gasteiger partial charge in [-0.25, -0.2) is 25.3 Å². The van der Waals surface area contributed by atoms with Gasteiger partial charge in [0.05, 0.1) is 34.6 Å². The number of methoxy groups -OCH3 is 2. The molecule has 2 N–H and O–H groups in total. The Labute approximate surface area is 273 Å². The second-order valence-electron chi connectivity index (χ2n) is 10.3. The lowest BCUT2D eigenvalue weighted by atomic mass is 10.2. The molecule has 248 valence electrons. The molecule has 1 aliphatic heterocycles. The number of benzene rings is 4. The zero-order valence-electron chi connectivity index (χ0n) is 25.3. The number of piperazine rings is 1. The summed E-state index contributed by atoms with van der Waals surface area (Å²) >= 11 is 0. The lowest BCUT2D eigenvalue weighted by Gasteiger charge is -2.38. The Bertz CT molecular complexity index is 2060. The van der Waals surface area contributed by atoms with Crippen LogP contribution in [0.2, 0.25) is 0 Å². The zero-order chi connectivity index (χ0) is 33.8. The van der Waals surface area contributed by atoms with Crippen LogP contribution in [0.4, 0.5) is 11.4 Å². The molecule has 1 fully saturated rings. The number of anilines is 2. The van der Waals surface area contributed by atoms with Gasteiger partial charge in [-0.1, -0.05) is 36.4 Å². The van der Waals surface area contributed by atoms with Gasteiger partial charge in [-0.05, 0) is 60.7 Å². The molecule has 16 heteroatoms. The van der Waals surface area contributed by atoms with E-state index in [1.54, 1.807) is 48.5 Å². The Morgan fingerprint density at radius 2 is 1.30 bits per heavy atom. The Morgan fingerprint density at radius 1 is 0.702 bits per heavy atom. The summed E-state index contributed by atoms with van der Waals surface area (Å²) in [5, 5.41) is 2.62. The number of hydrogen-bond donors (Lipinski definition) is 2. The van der Waals surface area contributed by atoms with Gasteiger partial charge < -0.3 is 14.8 Å². The summed E-state index contributed by atoms with van der Waals surface area (Å²) in [5.74, 6) is -0.126. The molecule has 0 saturated carbocycles. The van der Waals surface area contributed by atoms with Crippen molar-refractivity contribution in [1.82, 2.24) is 8.61 Å². The SMILES string of the molecule is COc1ccc(OC)c(NS(=O)(=O)c2ccc(NC(=O)C3CN(S(=O)(=O)c4ccccc4)CCN3S(=O)(=O)c3ccccc3)cc2)c1. The maximum absolute atomic E-state index is 13.7. The van der Waals surface area contributed by atoms with E-state index in [-0.39, 0.29) is 44.9 Å². The highest BCUT2D eigenvalue weighted by Crippen LogP contribution is 2.31. The van der Waals surface area contributed by atoms with Crippen molar-refractivity contribution in [2.45, 2.75) is 20.7 Å². The van der Waals surface area contributed by atoms with E-state index in [1.165, 1.54) is 68.8 Å². The van der Waals surface area contributed by atoms with Gasteiger partial charge >= 0.3 is 0 Å². The number of nitrogens with zero attached hydrogens (tertiary/aromatic N) is 2. The summed E-state index contributed by atoms with van der Waals surface area (Å²) in [4.78, 5) is 13.6. The number of amides is 1. The van der Waals surface area contributed by atoms with Crippen molar-refractivity contribution in [3.05, 3.63) is 103 Å². The second-order valence-corrected chi connectivity index (χ2v) is 15.8. The Balaban J connectivity index is 1.40. The van der Waals surface area contributed by atoms with Crippen LogP contribution in [0, 0.1) is 0 Å².